The molecule has 2 N–H and O–H groups in total. The molecule has 0 aliphatic carbocycles. The van der Waals surface area contributed by atoms with E-state index in [1.165, 1.54) is 6.07 Å². The number of ether oxygens (including phenoxy) is 1. The summed E-state index contributed by atoms with van der Waals surface area (Å²) in [6.07, 6.45) is 0. The zero-order chi connectivity index (χ0) is 20.8. The van der Waals surface area contributed by atoms with Crippen molar-refractivity contribution in [2.45, 2.75) is 20.8 Å². The molecule has 28 heavy (non-hydrogen) atoms. The number of halogens is 1. The molecule has 0 spiro atoms. The minimum atomic E-state index is -0.470. The summed E-state index contributed by atoms with van der Waals surface area (Å²) in [5.74, 6) is 0.629. The number of nitrogens with zero attached hydrogens (tertiary/aromatic N) is 1. The van der Waals surface area contributed by atoms with E-state index in [-0.39, 0.29) is 10.8 Å². The molecule has 0 radical (unpaired) electrons. The van der Waals surface area contributed by atoms with Gasteiger partial charge in [-0.25, -0.2) is 0 Å². The smallest absolute Gasteiger partial charge is 0.274 e. The Morgan fingerprint density at radius 3 is 2.61 bits per heavy atom. The van der Waals surface area contributed by atoms with Crippen molar-refractivity contribution in [3.8, 4) is 5.75 Å². The summed E-state index contributed by atoms with van der Waals surface area (Å²) in [6, 6.07) is 9.61. The zero-order valence-corrected chi connectivity index (χ0v) is 18.0. The van der Waals surface area contributed by atoms with Crippen molar-refractivity contribution in [1.29, 1.82) is 0 Å². The number of rotatable bonds is 6. The van der Waals surface area contributed by atoms with E-state index in [0.717, 1.165) is 0 Å². The maximum absolute atomic E-state index is 12.4. The van der Waals surface area contributed by atoms with Crippen molar-refractivity contribution < 1.29 is 14.5 Å². The predicted molar refractivity (Wildman–Crippen MR) is 116 cm³/mol. The fourth-order valence-electron chi connectivity index (χ4n) is 2.24. The third-order valence-electron chi connectivity index (χ3n) is 3.66. The lowest BCUT2D eigenvalue weighted by atomic mass is 10.2. The van der Waals surface area contributed by atoms with E-state index in [1.54, 1.807) is 37.3 Å². The average molecular weight is 466 g/mol. The number of nitro groups is 1. The maximum Gasteiger partial charge on any atom is 0.274 e. The molecule has 0 aliphatic heterocycles. The van der Waals surface area contributed by atoms with E-state index in [0.29, 0.717) is 39.6 Å². The number of anilines is 1. The Balaban J connectivity index is 2.02. The molecule has 9 heteroatoms. The van der Waals surface area contributed by atoms with Crippen LogP contribution in [-0.4, -0.2) is 22.5 Å². The van der Waals surface area contributed by atoms with Crippen LogP contribution in [0.5, 0.6) is 5.75 Å². The highest BCUT2D eigenvalue weighted by atomic mass is 79.9. The number of nitrogens with one attached hydrogen (secondary N) is 2. The number of amides is 1. The van der Waals surface area contributed by atoms with E-state index in [1.807, 2.05) is 13.8 Å². The molecule has 0 unspecified atom stereocenters. The van der Waals surface area contributed by atoms with Gasteiger partial charge < -0.3 is 10.1 Å². The van der Waals surface area contributed by atoms with Crippen molar-refractivity contribution in [3.63, 3.8) is 0 Å². The minimum absolute atomic E-state index is 0.0277. The largest absolute Gasteiger partial charge is 0.492 e. The van der Waals surface area contributed by atoms with Crippen molar-refractivity contribution in [2.24, 2.45) is 5.92 Å². The summed E-state index contributed by atoms with van der Waals surface area (Å²) >= 11 is 8.53. The molecule has 2 rings (SSSR count). The third kappa shape index (κ3) is 6.00. The third-order valence-corrected chi connectivity index (χ3v) is 4.48. The molecule has 0 aromatic heterocycles. The molecule has 1 amide bonds. The molecule has 7 nitrogen and oxygen atoms in total. The van der Waals surface area contributed by atoms with Crippen LogP contribution in [0, 0.1) is 23.0 Å². The topological polar surface area (TPSA) is 93.5 Å². The number of nitro benzene ring substituents is 1. The van der Waals surface area contributed by atoms with E-state index >= 15 is 0 Å². The first-order chi connectivity index (χ1) is 13.2. The van der Waals surface area contributed by atoms with Crippen LogP contribution < -0.4 is 15.4 Å². The quantitative estimate of drug-likeness (QED) is 0.360. The maximum atomic E-state index is 12.4. The summed E-state index contributed by atoms with van der Waals surface area (Å²) < 4.78 is 6.32. The fraction of sp³-hybridized carbons (Fsp3) is 0.263. The van der Waals surface area contributed by atoms with Gasteiger partial charge >= 0.3 is 0 Å². The van der Waals surface area contributed by atoms with E-state index in [2.05, 4.69) is 26.6 Å². The fourth-order valence-corrected chi connectivity index (χ4v) is 2.94. The second kappa shape index (κ2) is 9.61. The Morgan fingerprint density at radius 2 is 2.00 bits per heavy atom. The normalized spacial score (nSPS) is 10.5. The van der Waals surface area contributed by atoms with Crippen LogP contribution in [0.25, 0.3) is 0 Å². The Morgan fingerprint density at radius 1 is 1.29 bits per heavy atom. The lowest BCUT2D eigenvalue weighted by Gasteiger charge is -2.12. The number of benzene rings is 2. The number of hydrogen-bond acceptors (Lipinski definition) is 5. The highest BCUT2D eigenvalue weighted by molar-refractivity contribution is 9.10. The summed E-state index contributed by atoms with van der Waals surface area (Å²) in [7, 11) is 0. The second-order valence-electron chi connectivity index (χ2n) is 6.52. The molecule has 0 heterocycles. The monoisotopic (exact) mass is 465 g/mol. The highest BCUT2D eigenvalue weighted by Gasteiger charge is 2.14. The van der Waals surface area contributed by atoms with Crippen LogP contribution in [-0.2, 0) is 0 Å². The molecule has 0 saturated heterocycles. The average Bonchev–Trinajstić information content (AvgIpc) is 2.61. The molecule has 148 valence electrons. The molecular weight excluding hydrogens is 446 g/mol. The van der Waals surface area contributed by atoms with Crippen molar-refractivity contribution in [3.05, 3.63) is 62.1 Å². The summed E-state index contributed by atoms with van der Waals surface area (Å²) in [4.78, 5) is 23.0. The van der Waals surface area contributed by atoms with E-state index in [9.17, 15) is 14.9 Å². The van der Waals surface area contributed by atoms with Gasteiger partial charge in [0.05, 0.1) is 16.0 Å². The van der Waals surface area contributed by atoms with Gasteiger partial charge in [0.15, 0.2) is 5.11 Å². The van der Waals surface area contributed by atoms with Crippen LogP contribution in [0.3, 0.4) is 0 Å². The second-order valence-corrected chi connectivity index (χ2v) is 7.78. The summed E-state index contributed by atoms with van der Waals surface area (Å²) in [5.41, 5.74) is 1.32. The van der Waals surface area contributed by atoms with Gasteiger partial charge in [-0.1, -0.05) is 19.9 Å². The Bertz CT molecular complexity index is 918. The molecular formula is C19H20BrN3O4S. The Hall–Kier alpha value is -2.52. The van der Waals surface area contributed by atoms with Crippen molar-refractivity contribution in [1.82, 2.24) is 5.32 Å². The van der Waals surface area contributed by atoms with Crippen LogP contribution >= 0.6 is 28.1 Å². The van der Waals surface area contributed by atoms with Gasteiger partial charge in [-0.05, 0) is 65.3 Å². The van der Waals surface area contributed by atoms with Crippen LogP contribution in [0.2, 0.25) is 0 Å². The van der Waals surface area contributed by atoms with Crippen LogP contribution in [0.1, 0.15) is 29.8 Å². The molecule has 0 atom stereocenters. The Labute approximate surface area is 176 Å². The van der Waals surface area contributed by atoms with E-state index in [4.69, 9.17) is 17.0 Å². The lowest BCUT2D eigenvalue weighted by molar-refractivity contribution is -0.385. The zero-order valence-electron chi connectivity index (χ0n) is 15.6. The van der Waals surface area contributed by atoms with Gasteiger partial charge in [-0.3, -0.25) is 20.2 Å². The summed E-state index contributed by atoms with van der Waals surface area (Å²) in [5, 5.41) is 16.4. The van der Waals surface area contributed by atoms with Gasteiger partial charge in [-0.2, -0.15) is 0 Å². The Kier molecular flexibility index (Phi) is 7.47. The van der Waals surface area contributed by atoms with Crippen LogP contribution in [0.4, 0.5) is 11.4 Å². The van der Waals surface area contributed by atoms with Crippen molar-refractivity contribution >= 4 is 50.5 Å². The number of carbonyl (C=O) groups is 1. The first-order valence-electron chi connectivity index (χ1n) is 8.47. The van der Waals surface area contributed by atoms with Gasteiger partial charge in [0.1, 0.15) is 5.75 Å². The van der Waals surface area contributed by atoms with Gasteiger partial charge in [0.25, 0.3) is 11.6 Å². The molecule has 2 aromatic rings. The SMILES string of the molecule is Cc1ccc(NC(=S)NC(=O)c2ccc(OCC(C)C)c(Br)c2)cc1[N+](=O)[O-]. The number of hydrogen-bond donors (Lipinski definition) is 2. The number of carbonyl (C=O) groups excluding carboxylic acids is 1. The highest BCUT2D eigenvalue weighted by Crippen LogP contribution is 2.26. The number of aryl methyl sites for hydroxylation is 1. The van der Waals surface area contributed by atoms with Gasteiger partial charge in [-0.15, -0.1) is 0 Å². The van der Waals surface area contributed by atoms with Gasteiger partial charge in [0, 0.05) is 22.9 Å². The molecule has 0 bridgehead atoms. The minimum Gasteiger partial charge on any atom is -0.492 e. The van der Waals surface area contributed by atoms with E-state index < -0.39 is 10.8 Å². The standard InChI is InChI=1S/C19H20BrN3O4S/c1-11(2)10-27-17-7-5-13(8-15(17)20)18(24)22-19(28)21-14-6-4-12(3)16(9-14)23(25)26/h4-9,11H,10H2,1-3H3,(H2,21,22,24,28). The van der Waals surface area contributed by atoms with Crippen molar-refractivity contribution in [2.75, 3.05) is 11.9 Å². The number of thiocarbonyl (C=S) groups is 1. The predicted octanol–water partition coefficient (Wildman–Crippen LogP) is 4.83. The first kappa shape index (κ1) is 21.8. The molecule has 0 saturated carbocycles. The molecule has 0 fully saturated rings. The molecule has 2 aromatic carbocycles. The summed E-state index contributed by atoms with van der Waals surface area (Å²) in [6.45, 7) is 6.31. The first-order valence-corrected chi connectivity index (χ1v) is 9.67. The van der Waals surface area contributed by atoms with Crippen LogP contribution in [0.15, 0.2) is 40.9 Å². The molecule has 0 aliphatic rings. The van der Waals surface area contributed by atoms with Gasteiger partial charge in [0.2, 0.25) is 0 Å². The lowest BCUT2D eigenvalue weighted by Crippen LogP contribution is -2.34.